The highest BCUT2D eigenvalue weighted by molar-refractivity contribution is 14.1. The number of nitrogens with zero attached hydrogens (tertiary/aromatic N) is 4. The van der Waals surface area contributed by atoms with Crippen LogP contribution in [0.2, 0.25) is 0 Å². The van der Waals surface area contributed by atoms with Gasteiger partial charge in [-0.15, -0.1) is 0 Å². The van der Waals surface area contributed by atoms with Gasteiger partial charge in [0.05, 0.1) is 16.9 Å². The summed E-state index contributed by atoms with van der Waals surface area (Å²) in [5, 5.41) is 5.56. The maximum Gasteiger partial charge on any atom is 0.246 e. The molecule has 2 N–H and O–H groups in total. The summed E-state index contributed by atoms with van der Waals surface area (Å²) in [7, 11) is 0. The molecule has 0 aliphatic carbocycles. The summed E-state index contributed by atoms with van der Waals surface area (Å²) in [6.07, 6.45) is 6.06. The molecule has 1 aliphatic heterocycles. The van der Waals surface area contributed by atoms with Crippen molar-refractivity contribution in [1.29, 1.82) is 0 Å². The van der Waals surface area contributed by atoms with Crippen LogP contribution < -0.4 is 5.73 Å². The summed E-state index contributed by atoms with van der Waals surface area (Å²) in [5.41, 5.74) is 6.98. The Labute approximate surface area is 148 Å². The Morgan fingerprint density at radius 3 is 3.09 bits per heavy atom. The molecule has 122 valence electrons. The number of anilines is 1. The molecule has 0 spiro atoms. The molecule has 3 heterocycles. The van der Waals surface area contributed by atoms with E-state index in [9.17, 15) is 4.79 Å². The van der Waals surface area contributed by atoms with E-state index in [0.29, 0.717) is 12.4 Å². The topological polar surface area (TPSA) is 77.0 Å². The van der Waals surface area contributed by atoms with E-state index in [2.05, 4.69) is 46.2 Å². The van der Waals surface area contributed by atoms with Gasteiger partial charge in [0, 0.05) is 18.8 Å². The normalized spacial score (nSPS) is 21.0. The van der Waals surface area contributed by atoms with Gasteiger partial charge in [0.1, 0.15) is 9.52 Å². The number of fused-ring (bicyclic) bond motifs is 1. The fourth-order valence-corrected chi connectivity index (χ4v) is 4.19. The number of pyridine rings is 1. The predicted octanol–water partition coefficient (Wildman–Crippen LogP) is 2.75. The van der Waals surface area contributed by atoms with Crippen LogP contribution in [-0.2, 0) is 4.79 Å². The number of hydrogen-bond donors (Lipinski definition) is 1. The standard InChI is InChI=1S/C16H20IN5O/c1-3-5-10-8-11(9-21(10)13(23)4-2)22-12-6-7-19-16(18)14(12)15(17)20-22/h4,6-7,10-11H,2-3,5,8-9H2,1H3,(H2,18,19)/t10-,11+/m1/s1. The van der Waals surface area contributed by atoms with E-state index in [4.69, 9.17) is 5.73 Å². The molecule has 23 heavy (non-hydrogen) atoms. The van der Waals surface area contributed by atoms with Crippen molar-refractivity contribution in [3.63, 3.8) is 0 Å². The summed E-state index contributed by atoms with van der Waals surface area (Å²) >= 11 is 2.19. The first-order valence-electron chi connectivity index (χ1n) is 7.78. The van der Waals surface area contributed by atoms with Crippen LogP contribution in [0.3, 0.4) is 0 Å². The molecule has 0 radical (unpaired) electrons. The van der Waals surface area contributed by atoms with Gasteiger partial charge in [0.25, 0.3) is 0 Å². The molecule has 1 amide bonds. The first-order valence-corrected chi connectivity index (χ1v) is 8.85. The molecule has 0 saturated carbocycles. The van der Waals surface area contributed by atoms with E-state index in [0.717, 1.165) is 33.9 Å². The van der Waals surface area contributed by atoms with Crippen molar-refractivity contribution in [2.24, 2.45) is 0 Å². The van der Waals surface area contributed by atoms with Gasteiger partial charge >= 0.3 is 0 Å². The first-order chi connectivity index (χ1) is 11.1. The molecule has 2 atom stereocenters. The molecule has 6 nitrogen and oxygen atoms in total. The van der Waals surface area contributed by atoms with Crippen molar-refractivity contribution in [1.82, 2.24) is 19.7 Å². The lowest BCUT2D eigenvalue weighted by molar-refractivity contribution is -0.127. The third-order valence-corrected chi connectivity index (χ3v) is 5.18. The first kappa shape index (κ1) is 16.2. The van der Waals surface area contributed by atoms with Gasteiger partial charge in [-0.05, 0) is 47.6 Å². The van der Waals surface area contributed by atoms with Crippen LogP contribution in [0.4, 0.5) is 5.82 Å². The summed E-state index contributed by atoms with van der Waals surface area (Å²) < 4.78 is 2.86. The van der Waals surface area contributed by atoms with Gasteiger partial charge in [0.15, 0.2) is 0 Å². The second-order valence-corrected chi connectivity index (χ2v) is 6.87. The van der Waals surface area contributed by atoms with Gasteiger partial charge < -0.3 is 10.6 Å². The second kappa shape index (κ2) is 6.46. The number of aromatic nitrogens is 3. The number of halogens is 1. The number of carbonyl (C=O) groups is 1. The SMILES string of the molecule is C=CC(=O)N1C[C@@H](n2nc(I)c3c(N)nccc32)C[C@H]1CCC. The van der Waals surface area contributed by atoms with Crippen LogP contribution in [0.25, 0.3) is 10.9 Å². The van der Waals surface area contributed by atoms with E-state index >= 15 is 0 Å². The zero-order chi connectivity index (χ0) is 16.6. The maximum absolute atomic E-state index is 12.1. The van der Waals surface area contributed by atoms with Gasteiger partial charge in [-0.1, -0.05) is 19.9 Å². The minimum atomic E-state index is -0.00158. The highest BCUT2D eigenvalue weighted by atomic mass is 127. The molecule has 0 unspecified atom stereocenters. The van der Waals surface area contributed by atoms with E-state index in [-0.39, 0.29) is 18.0 Å². The van der Waals surface area contributed by atoms with Crippen LogP contribution >= 0.6 is 22.6 Å². The fourth-order valence-electron chi connectivity index (χ4n) is 3.41. The summed E-state index contributed by atoms with van der Waals surface area (Å²) in [6, 6.07) is 2.34. The van der Waals surface area contributed by atoms with Crippen molar-refractivity contribution in [3.8, 4) is 0 Å². The Bertz CT molecular complexity index is 756. The smallest absolute Gasteiger partial charge is 0.246 e. The Kier molecular flexibility index (Phi) is 4.56. The number of hydrogen-bond acceptors (Lipinski definition) is 4. The molecular formula is C16H20IN5O. The molecule has 1 aliphatic rings. The van der Waals surface area contributed by atoms with Crippen molar-refractivity contribution in [3.05, 3.63) is 28.6 Å². The molecule has 3 rings (SSSR count). The van der Waals surface area contributed by atoms with Crippen LogP contribution in [-0.4, -0.2) is 38.2 Å². The van der Waals surface area contributed by atoms with Crippen LogP contribution in [0.15, 0.2) is 24.9 Å². The number of amides is 1. The Balaban J connectivity index is 1.98. The predicted molar refractivity (Wildman–Crippen MR) is 98.9 cm³/mol. The van der Waals surface area contributed by atoms with E-state index < -0.39 is 0 Å². The lowest BCUT2D eigenvalue weighted by atomic mass is 10.1. The minimum absolute atomic E-state index is 0.00158. The lowest BCUT2D eigenvalue weighted by Crippen LogP contribution is -2.34. The fraction of sp³-hybridized carbons (Fsp3) is 0.438. The maximum atomic E-state index is 12.1. The molecule has 0 bridgehead atoms. The molecule has 7 heteroatoms. The number of nitrogen functional groups attached to an aromatic ring is 1. The molecule has 1 fully saturated rings. The van der Waals surface area contributed by atoms with Gasteiger partial charge in [-0.3, -0.25) is 9.48 Å². The number of carbonyl (C=O) groups excluding carboxylic acids is 1. The van der Waals surface area contributed by atoms with Gasteiger partial charge in [-0.2, -0.15) is 5.10 Å². The van der Waals surface area contributed by atoms with E-state index in [1.807, 2.05) is 15.6 Å². The molecule has 0 aromatic carbocycles. The van der Waals surface area contributed by atoms with E-state index in [1.165, 1.54) is 6.08 Å². The number of likely N-dealkylation sites (tertiary alicyclic amines) is 1. The molecular weight excluding hydrogens is 405 g/mol. The zero-order valence-electron chi connectivity index (χ0n) is 13.1. The molecule has 2 aromatic heterocycles. The van der Waals surface area contributed by atoms with Gasteiger partial charge in [-0.25, -0.2) is 4.98 Å². The number of rotatable bonds is 4. The second-order valence-electron chi connectivity index (χ2n) is 5.85. The Hall–Kier alpha value is -1.64. The third-order valence-electron chi connectivity index (χ3n) is 4.42. The lowest BCUT2D eigenvalue weighted by Gasteiger charge is -2.22. The Morgan fingerprint density at radius 2 is 2.39 bits per heavy atom. The summed E-state index contributed by atoms with van der Waals surface area (Å²) in [5.74, 6) is 0.499. The van der Waals surface area contributed by atoms with Crippen LogP contribution in [0.5, 0.6) is 0 Å². The van der Waals surface area contributed by atoms with Crippen LogP contribution in [0, 0.1) is 3.70 Å². The van der Waals surface area contributed by atoms with E-state index in [1.54, 1.807) is 6.20 Å². The largest absolute Gasteiger partial charge is 0.383 e. The van der Waals surface area contributed by atoms with Crippen molar-refractivity contribution >= 4 is 45.2 Å². The summed E-state index contributed by atoms with van der Waals surface area (Å²) in [6.45, 7) is 6.42. The molecule has 1 saturated heterocycles. The Morgan fingerprint density at radius 1 is 1.61 bits per heavy atom. The zero-order valence-corrected chi connectivity index (χ0v) is 15.2. The molecule has 2 aromatic rings. The van der Waals surface area contributed by atoms with Gasteiger partial charge in [0.2, 0.25) is 5.91 Å². The highest BCUT2D eigenvalue weighted by Gasteiger charge is 2.35. The van der Waals surface area contributed by atoms with Crippen molar-refractivity contribution < 1.29 is 4.79 Å². The average Bonchev–Trinajstić information content (AvgIpc) is 3.09. The third kappa shape index (κ3) is 2.82. The number of nitrogens with two attached hydrogens (primary N) is 1. The minimum Gasteiger partial charge on any atom is -0.383 e. The highest BCUT2D eigenvalue weighted by Crippen LogP contribution is 2.34. The van der Waals surface area contributed by atoms with Crippen molar-refractivity contribution in [2.45, 2.75) is 38.3 Å². The monoisotopic (exact) mass is 425 g/mol. The quantitative estimate of drug-likeness (QED) is 0.604. The summed E-state index contributed by atoms with van der Waals surface area (Å²) in [4.78, 5) is 18.2. The average molecular weight is 425 g/mol. The van der Waals surface area contributed by atoms with Crippen molar-refractivity contribution in [2.75, 3.05) is 12.3 Å². The van der Waals surface area contributed by atoms with Crippen LogP contribution in [0.1, 0.15) is 32.2 Å².